The summed E-state index contributed by atoms with van der Waals surface area (Å²) < 4.78 is 0. The summed E-state index contributed by atoms with van der Waals surface area (Å²) in [5, 5.41) is 22.1. The van der Waals surface area contributed by atoms with Gasteiger partial charge in [-0.25, -0.2) is 0 Å². The molecule has 0 radical (unpaired) electrons. The lowest BCUT2D eigenvalue weighted by Gasteiger charge is -2.25. The Morgan fingerprint density at radius 1 is 1.00 bits per heavy atom. The third-order valence-electron chi connectivity index (χ3n) is 3.61. The number of hydrogen-bond acceptors (Lipinski definition) is 4. The Morgan fingerprint density at radius 3 is 1.47 bits per heavy atom. The van der Waals surface area contributed by atoms with E-state index in [4.69, 9.17) is 0 Å². The van der Waals surface area contributed by atoms with Gasteiger partial charge in [-0.05, 0) is 0 Å². The first-order chi connectivity index (χ1) is 6.55. The topological polar surface area (TPSA) is 86.3 Å². The molecule has 1 saturated heterocycles. The second-order valence-corrected chi connectivity index (χ2v) is 10.6. The maximum absolute atomic E-state index is 11.1. The van der Waals surface area contributed by atoms with E-state index in [2.05, 4.69) is 0 Å². The molecule has 0 spiro atoms. The van der Waals surface area contributed by atoms with Crippen molar-refractivity contribution in [3.63, 3.8) is 0 Å². The Balaban J connectivity index is 3.27. The van der Waals surface area contributed by atoms with Gasteiger partial charge in [0.2, 0.25) is 0 Å². The van der Waals surface area contributed by atoms with Crippen LogP contribution in [0.15, 0.2) is 0 Å². The third kappa shape index (κ3) is 1.54. The minimum Gasteiger partial charge on any atom is -0.264 e. The molecule has 0 bridgehead atoms. The third-order valence-corrected chi connectivity index (χ3v) is 6.90. The molecule has 86 valence electrons. The maximum atomic E-state index is 11.1. The molecule has 1 aliphatic heterocycles. The van der Waals surface area contributed by atoms with E-state index in [1.54, 1.807) is 0 Å². The fourth-order valence-corrected chi connectivity index (χ4v) is 7.70. The van der Waals surface area contributed by atoms with Gasteiger partial charge in [-0.1, -0.05) is 13.1 Å². The monoisotopic (exact) mass is 232 g/mol. The Labute approximate surface area is 89.0 Å². The van der Waals surface area contributed by atoms with E-state index in [1.165, 1.54) is 13.8 Å². The van der Waals surface area contributed by atoms with E-state index in [0.29, 0.717) is 12.1 Å². The van der Waals surface area contributed by atoms with E-state index >= 15 is 0 Å². The molecule has 6 nitrogen and oxygen atoms in total. The van der Waals surface area contributed by atoms with Gasteiger partial charge in [-0.2, -0.15) is 0 Å². The molecule has 0 N–H and O–H groups in total. The molecular weight excluding hydrogens is 216 g/mol. The van der Waals surface area contributed by atoms with Gasteiger partial charge in [-0.3, -0.25) is 20.2 Å². The maximum Gasteiger partial charge on any atom is 0.284 e. The molecule has 0 aromatic carbocycles. The van der Waals surface area contributed by atoms with Gasteiger partial charge < -0.3 is 0 Å². The van der Waals surface area contributed by atoms with E-state index in [0.717, 1.165) is 0 Å². The van der Waals surface area contributed by atoms with Gasteiger partial charge in [0.1, 0.15) is 0 Å². The lowest BCUT2D eigenvalue weighted by molar-refractivity contribution is -0.669. The zero-order valence-corrected chi connectivity index (χ0v) is 10.4. The quantitative estimate of drug-likeness (QED) is 0.412. The second kappa shape index (κ2) is 3.00. The van der Waals surface area contributed by atoms with Gasteiger partial charge in [0, 0.05) is 35.8 Å². The molecular formula is C8H16N2O4Si. The zero-order chi connectivity index (χ0) is 12.1. The molecule has 1 fully saturated rings. The van der Waals surface area contributed by atoms with Gasteiger partial charge in [0.05, 0.1) is 8.07 Å². The average molecular weight is 232 g/mol. The van der Waals surface area contributed by atoms with Crippen molar-refractivity contribution in [2.75, 3.05) is 0 Å². The predicted octanol–water partition coefficient (Wildman–Crippen LogP) is 1.78. The van der Waals surface area contributed by atoms with Crippen molar-refractivity contribution in [2.45, 2.75) is 50.1 Å². The van der Waals surface area contributed by atoms with Gasteiger partial charge >= 0.3 is 0 Å². The highest BCUT2D eigenvalue weighted by molar-refractivity contribution is 6.78. The van der Waals surface area contributed by atoms with E-state index < -0.39 is 29.0 Å². The lowest BCUT2D eigenvalue weighted by atomic mass is 9.84. The van der Waals surface area contributed by atoms with Gasteiger partial charge in [-0.15, -0.1) is 0 Å². The van der Waals surface area contributed by atoms with Crippen molar-refractivity contribution >= 4 is 8.07 Å². The van der Waals surface area contributed by atoms with E-state index in [9.17, 15) is 20.2 Å². The van der Waals surface area contributed by atoms with Gasteiger partial charge in [0.15, 0.2) is 0 Å². The standard InChI is InChI=1S/C8H16N2O4Si/c1-7(9(11)12)5-15(3,4)6-8(7,2)10(13)14/h5-6H2,1-4H3/t7-,8+. The summed E-state index contributed by atoms with van der Waals surface area (Å²) in [7, 11) is -1.82. The zero-order valence-electron chi connectivity index (χ0n) is 9.44. The minimum absolute atomic E-state index is 0.379. The van der Waals surface area contributed by atoms with Crippen LogP contribution in [0.1, 0.15) is 13.8 Å². The molecule has 0 aromatic heterocycles. The molecule has 0 unspecified atom stereocenters. The van der Waals surface area contributed by atoms with Crippen LogP contribution in [0.3, 0.4) is 0 Å². The fraction of sp³-hybridized carbons (Fsp3) is 1.00. The normalized spacial score (nSPS) is 38.9. The van der Waals surface area contributed by atoms with Crippen molar-refractivity contribution in [1.29, 1.82) is 0 Å². The van der Waals surface area contributed by atoms with Crippen LogP contribution in [0.5, 0.6) is 0 Å². The molecule has 1 aliphatic rings. The molecule has 7 heteroatoms. The summed E-state index contributed by atoms with van der Waals surface area (Å²) in [5.41, 5.74) is -2.82. The molecule has 1 rings (SSSR count). The first kappa shape index (κ1) is 12.1. The first-order valence-electron chi connectivity index (χ1n) is 4.84. The van der Waals surface area contributed by atoms with E-state index in [-0.39, 0.29) is 0 Å². The number of nitro groups is 2. The number of nitrogens with zero attached hydrogens (tertiary/aromatic N) is 2. The Kier molecular flexibility index (Phi) is 2.42. The van der Waals surface area contributed by atoms with Crippen molar-refractivity contribution in [1.82, 2.24) is 0 Å². The lowest BCUT2D eigenvalue weighted by Crippen LogP contribution is -2.55. The van der Waals surface area contributed by atoms with E-state index in [1.807, 2.05) is 13.1 Å². The van der Waals surface area contributed by atoms with Crippen molar-refractivity contribution < 1.29 is 9.85 Å². The largest absolute Gasteiger partial charge is 0.284 e. The van der Waals surface area contributed by atoms with Crippen LogP contribution in [0, 0.1) is 20.2 Å². The van der Waals surface area contributed by atoms with Crippen LogP contribution in [-0.4, -0.2) is 29.0 Å². The first-order valence-corrected chi connectivity index (χ1v) is 8.26. The van der Waals surface area contributed by atoms with Gasteiger partial charge in [0.25, 0.3) is 11.1 Å². The molecule has 0 amide bonds. The second-order valence-electron chi connectivity index (χ2n) is 5.58. The van der Waals surface area contributed by atoms with Crippen molar-refractivity contribution in [3.8, 4) is 0 Å². The summed E-state index contributed by atoms with van der Waals surface area (Å²) in [5.74, 6) is 0. The summed E-state index contributed by atoms with van der Waals surface area (Å²) >= 11 is 0. The Morgan fingerprint density at radius 2 is 1.27 bits per heavy atom. The van der Waals surface area contributed by atoms with Crippen LogP contribution in [0.2, 0.25) is 25.2 Å². The van der Waals surface area contributed by atoms with Crippen LogP contribution < -0.4 is 0 Å². The number of rotatable bonds is 2. The average Bonchev–Trinajstić information content (AvgIpc) is 2.19. The summed E-state index contributed by atoms with van der Waals surface area (Å²) in [6.45, 7) is 6.78. The molecule has 0 aromatic rings. The molecule has 15 heavy (non-hydrogen) atoms. The molecule has 0 saturated carbocycles. The molecule has 2 atom stereocenters. The smallest absolute Gasteiger partial charge is 0.264 e. The summed E-state index contributed by atoms with van der Waals surface area (Å²) in [6.07, 6.45) is 0. The Hall–Kier alpha value is -0.983. The van der Waals surface area contributed by atoms with Crippen LogP contribution in [0.4, 0.5) is 0 Å². The SMILES string of the molecule is C[C@@]1([N+](=O)[O-])C[Si](C)(C)C[C@]1(C)[N+](=O)[O-]. The molecule has 0 aliphatic carbocycles. The number of hydrogen-bond donors (Lipinski definition) is 0. The van der Waals surface area contributed by atoms with Crippen LogP contribution in [0.25, 0.3) is 0 Å². The minimum atomic E-state index is -1.82. The predicted molar refractivity (Wildman–Crippen MR) is 57.9 cm³/mol. The highest BCUT2D eigenvalue weighted by atomic mass is 28.3. The Bertz CT molecular complexity index is 303. The highest BCUT2D eigenvalue weighted by Gasteiger charge is 2.72. The highest BCUT2D eigenvalue weighted by Crippen LogP contribution is 2.49. The summed E-state index contributed by atoms with van der Waals surface area (Å²) in [6, 6.07) is 0.759. The summed E-state index contributed by atoms with van der Waals surface area (Å²) in [4.78, 5) is 21.2. The fourth-order valence-electron chi connectivity index (χ4n) is 2.83. The van der Waals surface area contributed by atoms with Crippen molar-refractivity contribution in [3.05, 3.63) is 20.2 Å². The van der Waals surface area contributed by atoms with Crippen molar-refractivity contribution in [2.24, 2.45) is 0 Å². The van der Waals surface area contributed by atoms with Crippen LogP contribution in [-0.2, 0) is 0 Å². The molecule has 1 heterocycles. The van der Waals surface area contributed by atoms with Crippen LogP contribution >= 0.6 is 0 Å².